The number of aromatic nitrogens is 1. The fraction of sp³-hybridized carbons (Fsp3) is 0.316. The first-order chi connectivity index (χ1) is 30.1. The Morgan fingerprint density at radius 3 is 2.08 bits per heavy atom. The summed E-state index contributed by atoms with van der Waals surface area (Å²) in [5.74, 6) is 1.06. The molecule has 316 valence electrons. The van der Waals surface area contributed by atoms with E-state index >= 15 is 0 Å². The summed E-state index contributed by atoms with van der Waals surface area (Å²) in [6, 6.07) is 42.5. The second-order valence-corrected chi connectivity index (χ2v) is 23.2. The number of thiophene rings is 2. The van der Waals surface area contributed by atoms with Crippen LogP contribution in [0, 0.1) is 13.8 Å². The highest BCUT2D eigenvalue weighted by molar-refractivity contribution is 7.40. The van der Waals surface area contributed by atoms with Crippen LogP contribution in [0.2, 0.25) is 0 Å². The molecule has 5 aromatic carbocycles. The molecule has 6 heteroatoms. The van der Waals surface area contributed by atoms with Gasteiger partial charge in [0.05, 0.1) is 17.1 Å². The van der Waals surface area contributed by atoms with Crippen LogP contribution in [0.25, 0.3) is 31.3 Å². The van der Waals surface area contributed by atoms with E-state index in [0.717, 1.165) is 17.9 Å². The van der Waals surface area contributed by atoms with Gasteiger partial charge in [0.25, 0.3) is 6.71 Å². The van der Waals surface area contributed by atoms with Crippen molar-refractivity contribution in [1.82, 2.24) is 4.98 Å². The molecule has 0 bridgehead atoms. The molecular formula is C57H58BN3S2. The van der Waals surface area contributed by atoms with Gasteiger partial charge in [-0.25, -0.2) is 4.98 Å². The number of rotatable bonds is 6. The second kappa shape index (κ2) is 14.4. The minimum Gasteiger partial charge on any atom is -0.309 e. The van der Waals surface area contributed by atoms with Crippen LogP contribution in [0.15, 0.2) is 109 Å². The standard InChI is InChI=1S/C57H58BN3S2/c1-11-12-16-36-20-26-48-42(31-36)50-52(63-48)58-49-46(30-35(3)59-54(49)60(50)39-22-23-43-44(33-39)57(9,10)28-27-56(43,7)8)61(51-41-29-34(2)19-25-47(41)62-53(51)58)45-24-21-38(55(4,5)6)32-40(45)37-17-14-13-15-18-37/h13-15,17-26,29-33H,11-12,16,27-28H2,1-10H3. The van der Waals surface area contributed by atoms with Crippen molar-refractivity contribution in [3.8, 4) is 11.1 Å². The molecule has 0 spiro atoms. The minimum absolute atomic E-state index is 0.00797. The van der Waals surface area contributed by atoms with Gasteiger partial charge in [-0.3, -0.25) is 4.90 Å². The lowest BCUT2D eigenvalue weighted by Gasteiger charge is -2.44. The number of benzene rings is 5. The lowest BCUT2D eigenvalue weighted by molar-refractivity contribution is 0.332. The van der Waals surface area contributed by atoms with Crippen LogP contribution in [-0.2, 0) is 22.7 Å². The largest absolute Gasteiger partial charge is 0.309 e. The first-order valence-electron chi connectivity index (χ1n) is 23.2. The third kappa shape index (κ3) is 6.37. The Hall–Kier alpha value is -5.17. The van der Waals surface area contributed by atoms with Gasteiger partial charge in [0.1, 0.15) is 5.82 Å². The molecule has 3 aromatic heterocycles. The highest BCUT2D eigenvalue weighted by Crippen LogP contribution is 2.53. The molecule has 0 saturated heterocycles. The predicted octanol–water partition coefficient (Wildman–Crippen LogP) is 14.9. The van der Waals surface area contributed by atoms with Crippen molar-refractivity contribution >= 4 is 98.8 Å². The monoisotopic (exact) mass is 859 g/mol. The Morgan fingerprint density at radius 1 is 0.683 bits per heavy atom. The fourth-order valence-corrected chi connectivity index (χ4v) is 13.6. The minimum atomic E-state index is -0.00797. The van der Waals surface area contributed by atoms with Gasteiger partial charge in [-0.15, -0.1) is 22.7 Å². The van der Waals surface area contributed by atoms with Crippen LogP contribution < -0.4 is 24.8 Å². The Kier molecular flexibility index (Phi) is 9.29. The SMILES string of the molecule is CCCCc1ccc2sc3c(c2c1)N(c1ccc2c(c1)C(C)(C)CCC2(C)C)c1nc(C)cc2c1B3c1sc3ccc(C)cc3c1N2c1ccc(C(C)(C)C)cc1-c1ccccc1. The van der Waals surface area contributed by atoms with Crippen molar-refractivity contribution in [3.05, 3.63) is 143 Å². The van der Waals surface area contributed by atoms with Crippen LogP contribution in [0.3, 0.4) is 0 Å². The summed E-state index contributed by atoms with van der Waals surface area (Å²) in [5.41, 5.74) is 18.2. The molecule has 63 heavy (non-hydrogen) atoms. The van der Waals surface area contributed by atoms with E-state index in [1.807, 2.05) is 22.7 Å². The highest BCUT2D eigenvalue weighted by Gasteiger charge is 2.49. The maximum absolute atomic E-state index is 5.70. The summed E-state index contributed by atoms with van der Waals surface area (Å²) in [6.07, 6.45) is 5.83. The quantitative estimate of drug-likeness (QED) is 0.155. The van der Waals surface area contributed by atoms with Crippen LogP contribution in [0.5, 0.6) is 0 Å². The summed E-state index contributed by atoms with van der Waals surface area (Å²) in [4.78, 5) is 10.9. The number of hydrogen-bond acceptors (Lipinski definition) is 5. The lowest BCUT2D eigenvalue weighted by Crippen LogP contribution is -2.60. The summed E-state index contributed by atoms with van der Waals surface area (Å²) in [7, 11) is 0. The van der Waals surface area contributed by atoms with Crippen LogP contribution in [-0.4, -0.2) is 11.7 Å². The number of hydrogen-bond donors (Lipinski definition) is 0. The van der Waals surface area contributed by atoms with Gasteiger partial charge in [0.15, 0.2) is 0 Å². The van der Waals surface area contributed by atoms with Crippen LogP contribution in [0.1, 0.15) is 115 Å². The van der Waals surface area contributed by atoms with Crippen molar-refractivity contribution < 1.29 is 0 Å². The zero-order valence-corrected chi connectivity index (χ0v) is 40.3. The highest BCUT2D eigenvalue weighted by atomic mass is 32.1. The van der Waals surface area contributed by atoms with Gasteiger partial charge >= 0.3 is 0 Å². The van der Waals surface area contributed by atoms with Gasteiger partial charge in [-0.1, -0.05) is 122 Å². The van der Waals surface area contributed by atoms with Gasteiger partial charge in [0.2, 0.25) is 0 Å². The van der Waals surface area contributed by atoms with Gasteiger partial charge < -0.3 is 4.90 Å². The Morgan fingerprint density at radius 2 is 1.37 bits per heavy atom. The van der Waals surface area contributed by atoms with E-state index in [2.05, 4.69) is 188 Å². The van der Waals surface area contributed by atoms with Crippen molar-refractivity contribution in [2.45, 2.75) is 118 Å². The number of unbranched alkanes of at least 4 members (excludes halogenated alkanes) is 1. The van der Waals surface area contributed by atoms with Crippen molar-refractivity contribution in [2.75, 3.05) is 9.80 Å². The molecule has 3 aliphatic rings. The normalized spacial score (nSPS) is 16.0. The molecule has 5 heterocycles. The summed E-state index contributed by atoms with van der Waals surface area (Å²) >= 11 is 3.98. The number of nitrogens with zero attached hydrogens (tertiary/aromatic N) is 3. The average molecular weight is 860 g/mol. The molecule has 0 radical (unpaired) electrons. The Balaban J connectivity index is 1.26. The van der Waals surface area contributed by atoms with E-state index in [4.69, 9.17) is 4.98 Å². The maximum atomic E-state index is 5.70. The molecule has 0 fully saturated rings. The summed E-state index contributed by atoms with van der Waals surface area (Å²) in [5, 5.41) is 2.67. The summed E-state index contributed by atoms with van der Waals surface area (Å²) in [6.45, 7) is 23.5. The van der Waals surface area contributed by atoms with Gasteiger partial charge in [-0.05, 0) is 144 Å². The average Bonchev–Trinajstić information content (AvgIpc) is 3.82. The van der Waals surface area contributed by atoms with E-state index < -0.39 is 0 Å². The van der Waals surface area contributed by atoms with Crippen molar-refractivity contribution in [1.29, 1.82) is 0 Å². The molecule has 8 aromatic rings. The number of anilines is 6. The molecule has 0 atom stereocenters. The molecule has 0 N–H and O–H groups in total. The zero-order chi connectivity index (χ0) is 43.7. The lowest BCUT2D eigenvalue weighted by atomic mass is 9.39. The van der Waals surface area contributed by atoms with Crippen LogP contribution in [0.4, 0.5) is 34.3 Å². The van der Waals surface area contributed by atoms with Crippen molar-refractivity contribution in [2.24, 2.45) is 0 Å². The number of aryl methyl sites for hydroxylation is 3. The Bertz CT molecular complexity index is 3140. The van der Waals surface area contributed by atoms with E-state index in [1.54, 1.807) is 0 Å². The van der Waals surface area contributed by atoms with Gasteiger partial charge in [-0.2, -0.15) is 0 Å². The van der Waals surface area contributed by atoms with Gasteiger partial charge in [0, 0.05) is 52.4 Å². The number of pyridine rings is 1. The smallest absolute Gasteiger partial charge is 0.279 e. The maximum Gasteiger partial charge on any atom is 0.279 e. The van der Waals surface area contributed by atoms with Crippen LogP contribution >= 0.6 is 22.7 Å². The molecule has 0 amide bonds. The molecular weight excluding hydrogens is 802 g/mol. The third-order valence-electron chi connectivity index (χ3n) is 14.6. The Labute approximate surface area is 382 Å². The third-order valence-corrected chi connectivity index (χ3v) is 17.0. The zero-order valence-electron chi connectivity index (χ0n) is 38.7. The van der Waals surface area contributed by atoms with Crippen molar-refractivity contribution in [3.63, 3.8) is 0 Å². The summed E-state index contributed by atoms with van der Waals surface area (Å²) < 4.78 is 5.50. The first-order valence-corrected chi connectivity index (χ1v) is 24.8. The van der Waals surface area contributed by atoms with E-state index in [-0.39, 0.29) is 23.0 Å². The second-order valence-electron chi connectivity index (χ2n) is 21.0. The topological polar surface area (TPSA) is 19.4 Å². The number of fused-ring (bicyclic) bond motifs is 9. The fourth-order valence-electron chi connectivity index (χ4n) is 10.9. The molecule has 0 unspecified atom stereocenters. The molecule has 0 saturated carbocycles. The molecule has 1 aliphatic carbocycles. The van der Waals surface area contributed by atoms with E-state index in [0.29, 0.717) is 0 Å². The molecule has 3 nitrogen and oxygen atoms in total. The van der Waals surface area contributed by atoms with E-state index in [1.165, 1.54) is 128 Å². The molecule has 2 aliphatic heterocycles. The van der Waals surface area contributed by atoms with E-state index in [9.17, 15) is 0 Å². The first kappa shape index (κ1) is 40.6. The predicted molar refractivity (Wildman–Crippen MR) is 277 cm³/mol. The molecule has 11 rings (SSSR count).